The standard InChI is InChI=1S/C15H26ClN3O/c1-11(2)19-8-5-6-15(20,7-9-19)10-13-14(16)12(3)17-18(13)4/h11,20H,5-10H2,1-4H3. The molecule has 0 bridgehead atoms. The summed E-state index contributed by atoms with van der Waals surface area (Å²) in [6.45, 7) is 8.35. The number of nitrogens with zero attached hydrogens (tertiary/aromatic N) is 3. The quantitative estimate of drug-likeness (QED) is 0.932. The molecule has 1 aliphatic rings. The van der Waals surface area contributed by atoms with Gasteiger partial charge in [-0.15, -0.1) is 0 Å². The molecule has 1 N–H and O–H groups in total. The molecular formula is C15H26ClN3O. The van der Waals surface area contributed by atoms with Crippen LogP contribution in [0.3, 0.4) is 0 Å². The smallest absolute Gasteiger partial charge is 0.0848 e. The van der Waals surface area contributed by atoms with Crippen LogP contribution in [0.25, 0.3) is 0 Å². The molecule has 1 aromatic rings. The number of aliphatic hydroxyl groups is 1. The predicted octanol–water partition coefficient (Wildman–Crippen LogP) is 2.55. The van der Waals surface area contributed by atoms with Gasteiger partial charge in [-0.3, -0.25) is 4.68 Å². The highest BCUT2D eigenvalue weighted by molar-refractivity contribution is 6.31. The molecule has 0 aromatic carbocycles. The number of aromatic nitrogens is 2. The van der Waals surface area contributed by atoms with Crippen LogP contribution >= 0.6 is 11.6 Å². The Morgan fingerprint density at radius 1 is 1.35 bits per heavy atom. The van der Waals surface area contributed by atoms with Gasteiger partial charge in [0.15, 0.2) is 0 Å². The van der Waals surface area contributed by atoms with Gasteiger partial charge in [-0.1, -0.05) is 11.6 Å². The molecule has 0 saturated carbocycles. The van der Waals surface area contributed by atoms with Crippen molar-refractivity contribution >= 4 is 11.6 Å². The zero-order valence-electron chi connectivity index (χ0n) is 13.0. The van der Waals surface area contributed by atoms with E-state index in [0.29, 0.717) is 17.5 Å². The fourth-order valence-electron chi connectivity index (χ4n) is 3.08. The lowest BCUT2D eigenvalue weighted by atomic mass is 9.89. The molecule has 1 aliphatic heterocycles. The number of aryl methyl sites for hydroxylation is 2. The van der Waals surface area contributed by atoms with Gasteiger partial charge in [0.1, 0.15) is 0 Å². The topological polar surface area (TPSA) is 41.3 Å². The van der Waals surface area contributed by atoms with Crippen LogP contribution in [0, 0.1) is 6.92 Å². The van der Waals surface area contributed by atoms with Crippen LogP contribution in [-0.4, -0.2) is 44.5 Å². The summed E-state index contributed by atoms with van der Waals surface area (Å²) < 4.78 is 1.81. The minimum absolute atomic E-state index is 0.542. The number of rotatable bonds is 3. The average molecular weight is 300 g/mol. The number of likely N-dealkylation sites (tertiary alicyclic amines) is 1. The molecule has 0 aliphatic carbocycles. The molecule has 4 nitrogen and oxygen atoms in total. The Morgan fingerprint density at radius 2 is 2.05 bits per heavy atom. The van der Waals surface area contributed by atoms with Crippen LogP contribution in [0.4, 0.5) is 0 Å². The minimum Gasteiger partial charge on any atom is -0.389 e. The molecule has 0 radical (unpaired) electrons. The van der Waals surface area contributed by atoms with E-state index >= 15 is 0 Å². The summed E-state index contributed by atoms with van der Waals surface area (Å²) in [6.07, 6.45) is 3.25. The third-order valence-electron chi connectivity index (χ3n) is 4.44. The Labute approximate surface area is 126 Å². The molecule has 1 aromatic heterocycles. The van der Waals surface area contributed by atoms with E-state index in [1.807, 2.05) is 14.0 Å². The molecule has 114 valence electrons. The fraction of sp³-hybridized carbons (Fsp3) is 0.800. The van der Waals surface area contributed by atoms with E-state index in [1.165, 1.54) is 0 Å². The van der Waals surface area contributed by atoms with Crippen molar-refractivity contribution in [3.05, 3.63) is 16.4 Å². The highest BCUT2D eigenvalue weighted by Gasteiger charge is 2.33. The zero-order chi connectivity index (χ0) is 14.9. The molecule has 5 heteroatoms. The van der Waals surface area contributed by atoms with Gasteiger partial charge in [0.05, 0.1) is 22.0 Å². The van der Waals surface area contributed by atoms with Crippen molar-refractivity contribution in [3.63, 3.8) is 0 Å². The van der Waals surface area contributed by atoms with Crippen molar-refractivity contribution in [1.29, 1.82) is 0 Å². The fourth-order valence-corrected chi connectivity index (χ4v) is 3.30. The van der Waals surface area contributed by atoms with Crippen LogP contribution in [0.2, 0.25) is 5.02 Å². The van der Waals surface area contributed by atoms with Gasteiger partial charge < -0.3 is 10.0 Å². The van der Waals surface area contributed by atoms with Gasteiger partial charge >= 0.3 is 0 Å². The maximum absolute atomic E-state index is 10.9. The van der Waals surface area contributed by atoms with Gasteiger partial charge in [0.2, 0.25) is 0 Å². The predicted molar refractivity (Wildman–Crippen MR) is 82.2 cm³/mol. The van der Waals surface area contributed by atoms with Crippen LogP contribution < -0.4 is 0 Å². The summed E-state index contributed by atoms with van der Waals surface area (Å²) in [4.78, 5) is 2.44. The van der Waals surface area contributed by atoms with Crippen molar-refractivity contribution in [2.24, 2.45) is 7.05 Å². The van der Waals surface area contributed by atoms with Crippen molar-refractivity contribution in [2.75, 3.05) is 13.1 Å². The van der Waals surface area contributed by atoms with E-state index < -0.39 is 5.60 Å². The Balaban J connectivity index is 2.11. The highest BCUT2D eigenvalue weighted by Crippen LogP contribution is 2.30. The van der Waals surface area contributed by atoms with Gasteiger partial charge in [-0.25, -0.2) is 0 Å². The number of halogens is 1. The first-order valence-electron chi connectivity index (χ1n) is 7.47. The first kappa shape index (κ1) is 15.8. The second-order valence-electron chi connectivity index (χ2n) is 6.35. The maximum Gasteiger partial charge on any atom is 0.0848 e. The van der Waals surface area contributed by atoms with E-state index in [9.17, 15) is 5.11 Å². The second-order valence-corrected chi connectivity index (χ2v) is 6.73. The molecule has 20 heavy (non-hydrogen) atoms. The van der Waals surface area contributed by atoms with E-state index in [2.05, 4.69) is 23.8 Å². The second kappa shape index (κ2) is 6.04. The lowest BCUT2D eigenvalue weighted by Gasteiger charge is -2.28. The van der Waals surface area contributed by atoms with Crippen LogP contribution in [0.5, 0.6) is 0 Å². The summed E-state index contributed by atoms with van der Waals surface area (Å²) in [6, 6.07) is 0.542. The first-order chi connectivity index (χ1) is 9.32. The third-order valence-corrected chi connectivity index (χ3v) is 4.93. The Bertz CT molecular complexity index is 472. The van der Waals surface area contributed by atoms with Crippen molar-refractivity contribution in [2.45, 2.75) is 58.1 Å². The van der Waals surface area contributed by atoms with E-state index in [-0.39, 0.29) is 0 Å². The van der Waals surface area contributed by atoms with E-state index in [0.717, 1.165) is 43.7 Å². The summed E-state index contributed by atoms with van der Waals surface area (Å²) in [5.74, 6) is 0. The first-order valence-corrected chi connectivity index (χ1v) is 7.84. The number of hydrogen-bond acceptors (Lipinski definition) is 3. The van der Waals surface area contributed by atoms with Gasteiger partial charge in [-0.2, -0.15) is 5.10 Å². The summed E-state index contributed by atoms with van der Waals surface area (Å²) in [5, 5.41) is 16.0. The number of hydrogen-bond donors (Lipinski definition) is 1. The van der Waals surface area contributed by atoms with Crippen molar-refractivity contribution in [3.8, 4) is 0 Å². The van der Waals surface area contributed by atoms with Gasteiger partial charge in [0.25, 0.3) is 0 Å². The molecular weight excluding hydrogens is 274 g/mol. The summed E-state index contributed by atoms with van der Waals surface area (Å²) >= 11 is 6.31. The summed E-state index contributed by atoms with van der Waals surface area (Å²) in [5.41, 5.74) is 1.13. The van der Waals surface area contributed by atoms with Crippen molar-refractivity contribution < 1.29 is 5.11 Å². The SMILES string of the molecule is Cc1nn(C)c(CC2(O)CCCN(C(C)C)CC2)c1Cl. The Kier molecular flexibility index (Phi) is 4.77. The lowest BCUT2D eigenvalue weighted by Crippen LogP contribution is -2.36. The molecule has 2 heterocycles. The van der Waals surface area contributed by atoms with Crippen LogP contribution in [0.1, 0.15) is 44.5 Å². The van der Waals surface area contributed by atoms with Crippen molar-refractivity contribution in [1.82, 2.24) is 14.7 Å². The van der Waals surface area contributed by atoms with Gasteiger partial charge in [-0.05, 0) is 46.6 Å². The Morgan fingerprint density at radius 3 is 2.60 bits per heavy atom. The normalized spacial score (nSPS) is 25.1. The van der Waals surface area contributed by atoms with E-state index in [1.54, 1.807) is 4.68 Å². The summed E-state index contributed by atoms with van der Waals surface area (Å²) in [7, 11) is 1.90. The van der Waals surface area contributed by atoms with E-state index in [4.69, 9.17) is 11.6 Å². The molecule has 2 rings (SSSR count). The minimum atomic E-state index is -0.659. The molecule has 1 atom stereocenters. The lowest BCUT2D eigenvalue weighted by molar-refractivity contribution is 0.0232. The van der Waals surface area contributed by atoms with Gasteiger partial charge in [0, 0.05) is 26.1 Å². The Hall–Kier alpha value is -0.580. The van der Waals surface area contributed by atoms with Crippen LogP contribution in [-0.2, 0) is 13.5 Å². The molecule has 1 fully saturated rings. The highest BCUT2D eigenvalue weighted by atomic mass is 35.5. The average Bonchev–Trinajstić information content (AvgIpc) is 2.56. The largest absolute Gasteiger partial charge is 0.389 e. The zero-order valence-corrected chi connectivity index (χ0v) is 13.7. The molecule has 0 amide bonds. The van der Waals surface area contributed by atoms with Crippen LogP contribution in [0.15, 0.2) is 0 Å². The monoisotopic (exact) mass is 299 g/mol. The maximum atomic E-state index is 10.9. The third kappa shape index (κ3) is 3.35. The molecule has 1 saturated heterocycles. The molecule has 1 unspecified atom stereocenters. The molecule has 0 spiro atoms.